The van der Waals surface area contributed by atoms with Crippen molar-refractivity contribution in [3.8, 4) is 0 Å². The lowest BCUT2D eigenvalue weighted by Gasteiger charge is -2.13. The van der Waals surface area contributed by atoms with Crippen LogP contribution in [0.1, 0.15) is 12.5 Å². The lowest BCUT2D eigenvalue weighted by molar-refractivity contribution is -0.139. The van der Waals surface area contributed by atoms with Gasteiger partial charge in [-0.1, -0.05) is 0 Å². The standard InChI is InChI=1S/C11H10F4N2O3/c1-5(9(18)19)16-10(20)17-8-4-6(11(13,14)15)2-3-7(8)12/h2-5H,1H3,(H,18,19)(H2,16,17,20). The number of amides is 2. The summed E-state index contributed by atoms with van der Waals surface area (Å²) in [6.45, 7) is 1.14. The van der Waals surface area contributed by atoms with E-state index in [4.69, 9.17) is 5.11 Å². The monoisotopic (exact) mass is 294 g/mol. The number of nitrogens with one attached hydrogen (secondary N) is 2. The van der Waals surface area contributed by atoms with Gasteiger partial charge >= 0.3 is 18.2 Å². The van der Waals surface area contributed by atoms with Gasteiger partial charge in [0.15, 0.2) is 0 Å². The zero-order chi connectivity index (χ0) is 15.5. The molecule has 1 aromatic carbocycles. The SMILES string of the molecule is CC(NC(=O)Nc1cc(C(F)(F)F)ccc1F)C(=O)O. The predicted octanol–water partition coefficient (Wildman–Crippen LogP) is 2.44. The molecule has 0 saturated heterocycles. The second-order valence-corrected chi connectivity index (χ2v) is 3.85. The van der Waals surface area contributed by atoms with Crippen molar-refractivity contribution in [1.82, 2.24) is 5.32 Å². The number of anilines is 1. The molecule has 0 spiro atoms. The van der Waals surface area contributed by atoms with Gasteiger partial charge in [0.25, 0.3) is 0 Å². The number of hydrogen-bond acceptors (Lipinski definition) is 2. The van der Waals surface area contributed by atoms with E-state index in [-0.39, 0.29) is 0 Å². The van der Waals surface area contributed by atoms with E-state index in [2.05, 4.69) is 0 Å². The van der Waals surface area contributed by atoms with Crippen molar-refractivity contribution >= 4 is 17.7 Å². The van der Waals surface area contributed by atoms with Crippen LogP contribution in [0, 0.1) is 5.82 Å². The highest BCUT2D eigenvalue weighted by Crippen LogP contribution is 2.31. The van der Waals surface area contributed by atoms with Crippen LogP contribution < -0.4 is 10.6 Å². The van der Waals surface area contributed by atoms with Crippen LogP contribution >= 0.6 is 0 Å². The Balaban J connectivity index is 2.87. The highest BCUT2D eigenvalue weighted by atomic mass is 19.4. The van der Waals surface area contributed by atoms with Crippen LogP contribution in [0.3, 0.4) is 0 Å². The number of halogens is 4. The summed E-state index contributed by atoms with van der Waals surface area (Å²) in [7, 11) is 0. The minimum Gasteiger partial charge on any atom is -0.480 e. The third-order valence-corrected chi connectivity index (χ3v) is 2.26. The summed E-state index contributed by atoms with van der Waals surface area (Å²) in [5.41, 5.74) is -1.84. The Morgan fingerprint density at radius 2 is 1.90 bits per heavy atom. The van der Waals surface area contributed by atoms with Crippen LogP contribution in [0.15, 0.2) is 18.2 Å². The molecule has 5 nitrogen and oxygen atoms in total. The molecule has 20 heavy (non-hydrogen) atoms. The van der Waals surface area contributed by atoms with Crippen molar-refractivity contribution in [1.29, 1.82) is 0 Å². The first kappa shape index (κ1) is 15.7. The van der Waals surface area contributed by atoms with Gasteiger partial charge in [-0.3, -0.25) is 4.79 Å². The maximum atomic E-state index is 13.3. The largest absolute Gasteiger partial charge is 0.480 e. The van der Waals surface area contributed by atoms with Crippen LogP contribution in [0.4, 0.5) is 28.0 Å². The maximum absolute atomic E-state index is 13.3. The zero-order valence-electron chi connectivity index (χ0n) is 10.1. The third-order valence-electron chi connectivity index (χ3n) is 2.26. The molecule has 3 N–H and O–H groups in total. The van der Waals surface area contributed by atoms with Gasteiger partial charge in [0.2, 0.25) is 0 Å². The second-order valence-electron chi connectivity index (χ2n) is 3.85. The van der Waals surface area contributed by atoms with E-state index in [0.717, 1.165) is 6.92 Å². The van der Waals surface area contributed by atoms with Crippen molar-refractivity contribution in [3.63, 3.8) is 0 Å². The summed E-state index contributed by atoms with van der Waals surface area (Å²) in [4.78, 5) is 21.8. The van der Waals surface area contributed by atoms with Gasteiger partial charge < -0.3 is 15.7 Å². The summed E-state index contributed by atoms with van der Waals surface area (Å²) in [6, 6.07) is -0.903. The van der Waals surface area contributed by atoms with E-state index < -0.39 is 41.3 Å². The molecule has 0 saturated carbocycles. The number of rotatable bonds is 3. The van der Waals surface area contributed by atoms with Gasteiger partial charge in [0, 0.05) is 0 Å². The van der Waals surface area contributed by atoms with Crippen LogP contribution in [-0.4, -0.2) is 23.1 Å². The highest BCUT2D eigenvalue weighted by molar-refractivity contribution is 5.92. The van der Waals surface area contributed by atoms with Crippen LogP contribution in [0.2, 0.25) is 0 Å². The Morgan fingerprint density at radius 3 is 2.40 bits per heavy atom. The number of benzene rings is 1. The molecular weight excluding hydrogens is 284 g/mol. The average Bonchev–Trinajstić information content (AvgIpc) is 2.30. The van der Waals surface area contributed by atoms with Gasteiger partial charge in [-0.15, -0.1) is 0 Å². The molecule has 2 amide bonds. The number of carbonyl (C=O) groups is 2. The molecule has 0 aliphatic carbocycles. The smallest absolute Gasteiger partial charge is 0.416 e. The van der Waals surface area contributed by atoms with Crippen molar-refractivity contribution in [2.75, 3.05) is 5.32 Å². The van der Waals surface area contributed by atoms with Crippen molar-refractivity contribution in [2.45, 2.75) is 19.1 Å². The molecule has 1 aromatic rings. The first-order valence-corrected chi connectivity index (χ1v) is 5.28. The van der Waals surface area contributed by atoms with E-state index >= 15 is 0 Å². The average molecular weight is 294 g/mol. The topological polar surface area (TPSA) is 78.4 Å². The molecule has 0 aliphatic heterocycles. The number of carbonyl (C=O) groups excluding carboxylic acids is 1. The Kier molecular flexibility index (Phi) is 4.53. The molecule has 1 rings (SSSR count). The van der Waals surface area contributed by atoms with Gasteiger partial charge in [-0.25, -0.2) is 9.18 Å². The first-order chi connectivity index (χ1) is 9.11. The first-order valence-electron chi connectivity index (χ1n) is 5.28. The van der Waals surface area contributed by atoms with E-state index in [0.29, 0.717) is 18.2 Å². The number of hydrogen-bond donors (Lipinski definition) is 3. The fourth-order valence-electron chi connectivity index (χ4n) is 1.21. The van der Waals surface area contributed by atoms with Gasteiger partial charge in [-0.2, -0.15) is 13.2 Å². The predicted molar refractivity (Wildman–Crippen MR) is 60.7 cm³/mol. The number of carboxylic acid groups (broad SMARTS) is 1. The summed E-state index contributed by atoms with van der Waals surface area (Å²) < 4.78 is 50.6. The summed E-state index contributed by atoms with van der Waals surface area (Å²) in [5.74, 6) is -2.42. The van der Waals surface area contributed by atoms with Gasteiger partial charge in [0.1, 0.15) is 11.9 Å². The van der Waals surface area contributed by atoms with Crippen LogP contribution in [0.25, 0.3) is 0 Å². The Hall–Kier alpha value is -2.32. The van der Waals surface area contributed by atoms with E-state index in [9.17, 15) is 27.2 Å². The van der Waals surface area contributed by atoms with E-state index in [1.54, 1.807) is 0 Å². The van der Waals surface area contributed by atoms with Crippen molar-refractivity contribution < 1.29 is 32.3 Å². The molecule has 1 unspecified atom stereocenters. The quantitative estimate of drug-likeness (QED) is 0.749. The number of urea groups is 1. The fourth-order valence-corrected chi connectivity index (χ4v) is 1.21. The molecule has 0 radical (unpaired) electrons. The van der Waals surface area contributed by atoms with Crippen molar-refractivity contribution in [2.24, 2.45) is 0 Å². The summed E-state index contributed by atoms with van der Waals surface area (Å²) >= 11 is 0. The molecule has 110 valence electrons. The lowest BCUT2D eigenvalue weighted by atomic mass is 10.2. The Bertz CT molecular complexity index is 531. The lowest BCUT2D eigenvalue weighted by Crippen LogP contribution is -2.41. The summed E-state index contributed by atoms with van der Waals surface area (Å²) in [6.07, 6.45) is -4.69. The van der Waals surface area contributed by atoms with Gasteiger partial charge in [-0.05, 0) is 25.1 Å². The number of alkyl halides is 3. The van der Waals surface area contributed by atoms with Crippen molar-refractivity contribution in [3.05, 3.63) is 29.6 Å². The van der Waals surface area contributed by atoms with Gasteiger partial charge in [0.05, 0.1) is 11.3 Å². The fraction of sp³-hybridized carbons (Fsp3) is 0.273. The number of aliphatic carboxylic acids is 1. The maximum Gasteiger partial charge on any atom is 0.416 e. The minimum atomic E-state index is -4.69. The van der Waals surface area contributed by atoms with E-state index in [1.165, 1.54) is 0 Å². The molecule has 0 fully saturated rings. The van der Waals surface area contributed by atoms with Crippen LogP contribution in [0.5, 0.6) is 0 Å². The molecule has 1 atom stereocenters. The molecule has 0 aliphatic rings. The zero-order valence-corrected chi connectivity index (χ0v) is 10.1. The van der Waals surface area contributed by atoms with Crippen LogP contribution in [-0.2, 0) is 11.0 Å². The molecule has 9 heteroatoms. The summed E-state index contributed by atoms with van der Waals surface area (Å²) in [5, 5.41) is 12.3. The Morgan fingerprint density at radius 1 is 1.30 bits per heavy atom. The van der Waals surface area contributed by atoms with E-state index in [1.807, 2.05) is 10.6 Å². The molecule has 0 bridgehead atoms. The third kappa shape index (κ3) is 4.11. The molecule has 0 aromatic heterocycles. The molecular formula is C11H10F4N2O3. The Labute approximate surface area is 110 Å². The highest BCUT2D eigenvalue weighted by Gasteiger charge is 2.31. The number of carboxylic acids is 1. The molecule has 0 heterocycles. The second kappa shape index (κ2) is 5.76. The normalized spacial score (nSPS) is 12.7. The minimum absolute atomic E-state index is 0.417.